The molecule has 82 valence electrons. The van der Waals surface area contributed by atoms with E-state index in [1.807, 2.05) is 0 Å². The Hall–Kier alpha value is -0.370. The van der Waals surface area contributed by atoms with Crippen molar-refractivity contribution >= 4 is 5.91 Å². The fourth-order valence-corrected chi connectivity index (χ4v) is 3.33. The van der Waals surface area contributed by atoms with Crippen LogP contribution in [-0.4, -0.2) is 28.5 Å². The predicted octanol–water partition coefficient (Wildman–Crippen LogP) is 2.72. The van der Waals surface area contributed by atoms with Gasteiger partial charge in [0, 0.05) is 6.42 Å². The summed E-state index contributed by atoms with van der Waals surface area (Å²) in [6.07, 6.45) is 3.64. The molecule has 1 fully saturated rings. The first-order valence-corrected chi connectivity index (χ1v) is 5.73. The number of quaternary nitrogens is 1. The number of rotatable bonds is 1. The van der Waals surface area contributed by atoms with Gasteiger partial charge in [0.1, 0.15) is 5.54 Å². The summed E-state index contributed by atoms with van der Waals surface area (Å²) in [5.74, 6) is 0.338. The fourth-order valence-electron chi connectivity index (χ4n) is 3.33. The minimum Gasteiger partial charge on any atom is -0.254 e. The Morgan fingerprint density at radius 2 is 1.86 bits per heavy atom. The van der Waals surface area contributed by atoms with Gasteiger partial charge in [0.25, 0.3) is 0 Å². The zero-order valence-electron chi connectivity index (χ0n) is 10.3. The zero-order chi connectivity index (χ0) is 11.0. The van der Waals surface area contributed by atoms with Gasteiger partial charge in [-0.05, 0) is 40.5 Å². The molecule has 1 aliphatic rings. The summed E-state index contributed by atoms with van der Waals surface area (Å²) in [5.41, 5.74) is 0.123. The molecule has 1 unspecified atom stereocenters. The molecule has 0 bridgehead atoms. The largest absolute Gasteiger partial charge is 0.311 e. The standard InChI is InChI=1S/C12H24NO/c1-10(2)13(11(3)14)9-7-6-8-12(13,4)5/h10H,6-9H2,1-5H3/q+1. The molecule has 0 saturated carbocycles. The highest BCUT2D eigenvalue weighted by Gasteiger charge is 2.51. The van der Waals surface area contributed by atoms with E-state index >= 15 is 0 Å². The monoisotopic (exact) mass is 198 g/mol. The zero-order valence-corrected chi connectivity index (χ0v) is 10.3. The van der Waals surface area contributed by atoms with E-state index in [4.69, 9.17) is 0 Å². The average Bonchev–Trinajstić information content (AvgIpc) is 2.02. The SMILES string of the molecule is CC(=O)[N+]1(C(C)C)CCCCC1(C)C. The number of piperidine rings is 1. The number of hydrogen-bond acceptors (Lipinski definition) is 1. The average molecular weight is 198 g/mol. The van der Waals surface area contributed by atoms with Gasteiger partial charge < -0.3 is 0 Å². The number of carbonyl (C=O) groups is 1. The van der Waals surface area contributed by atoms with Crippen molar-refractivity contribution in [2.45, 2.75) is 65.5 Å². The van der Waals surface area contributed by atoms with Gasteiger partial charge in [-0.1, -0.05) is 0 Å². The van der Waals surface area contributed by atoms with Crippen molar-refractivity contribution in [2.75, 3.05) is 6.54 Å². The molecule has 1 saturated heterocycles. The van der Waals surface area contributed by atoms with Crippen LogP contribution >= 0.6 is 0 Å². The summed E-state index contributed by atoms with van der Waals surface area (Å²) in [5, 5.41) is 0. The van der Waals surface area contributed by atoms with Crippen LogP contribution in [0.5, 0.6) is 0 Å². The van der Waals surface area contributed by atoms with Gasteiger partial charge >= 0.3 is 5.91 Å². The van der Waals surface area contributed by atoms with E-state index in [2.05, 4.69) is 27.7 Å². The minimum atomic E-state index is 0.123. The summed E-state index contributed by atoms with van der Waals surface area (Å²) in [7, 11) is 0. The van der Waals surface area contributed by atoms with Gasteiger partial charge in [0.05, 0.1) is 19.5 Å². The van der Waals surface area contributed by atoms with Crippen molar-refractivity contribution < 1.29 is 9.28 Å². The molecule has 2 heteroatoms. The molecule has 0 aromatic rings. The topological polar surface area (TPSA) is 17.1 Å². The van der Waals surface area contributed by atoms with Crippen molar-refractivity contribution in [3.05, 3.63) is 0 Å². The van der Waals surface area contributed by atoms with Crippen molar-refractivity contribution in [1.29, 1.82) is 0 Å². The van der Waals surface area contributed by atoms with E-state index in [-0.39, 0.29) is 5.54 Å². The summed E-state index contributed by atoms with van der Waals surface area (Å²) >= 11 is 0. The van der Waals surface area contributed by atoms with Crippen LogP contribution in [0, 0.1) is 0 Å². The molecular formula is C12H24NO+. The van der Waals surface area contributed by atoms with Crippen molar-refractivity contribution in [3.8, 4) is 0 Å². The number of amides is 1. The molecule has 1 rings (SSSR count). The van der Waals surface area contributed by atoms with Crippen LogP contribution < -0.4 is 0 Å². The third-order valence-electron chi connectivity index (χ3n) is 4.07. The van der Waals surface area contributed by atoms with E-state index in [0.717, 1.165) is 6.54 Å². The Morgan fingerprint density at radius 1 is 1.29 bits per heavy atom. The van der Waals surface area contributed by atoms with Gasteiger partial charge in [-0.15, -0.1) is 0 Å². The first-order valence-electron chi connectivity index (χ1n) is 5.73. The molecule has 0 spiro atoms. The maximum absolute atomic E-state index is 12.0. The Kier molecular flexibility index (Phi) is 3.05. The number of likely N-dealkylation sites (tertiary alicyclic amines) is 1. The maximum atomic E-state index is 12.0. The van der Waals surface area contributed by atoms with Crippen molar-refractivity contribution in [2.24, 2.45) is 0 Å². The lowest BCUT2D eigenvalue weighted by atomic mass is 9.85. The van der Waals surface area contributed by atoms with Crippen LogP contribution in [0.3, 0.4) is 0 Å². The minimum absolute atomic E-state index is 0.123. The van der Waals surface area contributed by atoms with Gasteiger partial charge in [0.15, 0.2) is 0 Å². The van der Waals surface area contributed by atoms with E-state index in [9.17, 15) is 4.79 Å². The van der Waals surface area contributed by atoms with Crippen LogP contribution in [0.1, 0.15) is 53.9 Å². The molecule has 0 aromatic heterocycles. The number of hydrogen-bond donors (Lipinski definition) is 0. The third-order valence-corrected chi connectivity index (χ3v) is 4.07. The molecule has 1 aliphatic heterocycles. The molecular weight excluding hydrogens is 174 g/mol. The first kappa shape index (κ1) is 11.7. The van der Waals surface area contributed by atoms with Gasteiger partial charge in [-0.25, -0.2) is 4.79 Å². The van der Waals surface area contributed by atoms with Crippen LogP contribution in [-0.2, 0) is 4.79 Å². The van der Waals surface area contributed by atoms with Gasteiger partial charge in [-0.3, -0.25) is 4.48 Å². The van der Waals surface area contributed by atoms with E-state index < -0.39 is 0 Å². The Labute approximate surface area is 87.9 Å². The molecule has 0 radical (unpaired) electrons. The second-order valence-electron chi connectivity index (χ2n) is 5.47. The Morgan fingerprint density at radius 3 is 2.14 bits per heavy atom. The molecule has 0 aliphatic carbocycles. The molecule has 1 atom stereocenters. The van der Waals surface area contributed by atoms with Gasteiger partial charge in [0.2, 0.25) is 0 Å². The van der Waals surface area contributed by atoms with Gasteiger partial charge in [-0.2, -0.15) is 0 Å². The highest BCUT2D eigenvalue weighted by molar-refractivity contribution is 5.66. The summed E-state index contributed by atoms with van der Waals surface area (Å²) < 4.78 is 0.674. The first-order chi connectivity index (χ1) is 6.34. The number of carbonyl (C=O) groups excluding carboxylic acids is 1. The molecule has 2 nitrogen and oxygen atoms in total. The van der Waals surface area contributed by atoms with E-state index in [0.29, 0.717) is 16.4 Å². The maximum Gasteiger partial charge on any atom is 0.311 e. The second kappa shape index (κ2) is 3.65. The lowest BCUT2D eigenvalue weighted by molar-refractivity contribution is -0.927. The van der Waals surface area contributed by atoms with Crippen LogP contribution in [0.25, 0.3) is 0 Å². The smallest absolute Gasteiger partial charge is 0.254 e. The Bertz CT molecular complexity index is 232. The van der Waals surface area contributed by atoms with Crippen molar-refractivity contribution in [1.82, 2.24) is 0 Å². The molecule has 1 amide bonds. The normalized spacial score (nSPS) is 31.9. The fraction of sp³-hybridized carbons (Fsp3) is 0.917. The number of nitrogens with zero attached hydrogens (tertiary/aromatic N) is 1. The van der Waals surface area contributed by atoms with E-state index in [1.54, 1.807) is 6.92 Å². The predicted molar refractivity (Wildman–Crippen MR) is 58.9 cm³/mol. The Balaban J connectivity index is 3.11. The second-order valence-corrected chi connectivity index (χ2v) is 5.47. The highest BCUT2D eigenvalue weighted by Crippen LogP contribution is 2.37. The van der Waals surface area contributed by atoms with Crippen LogP contribution in [0.15, 0.2) is 0 Å². The van der Waals surface area contributed by atoms with E-state index in [1.165, 1.54) is 19.3 Å². The summed E-state index contributed by atoms with van der Waals surface area (Å²) in [4.78, 5) is 12.0. The lowest BCUT2D eigenvalue weighted by Crippen LogP contribution is -2.69. The lowest BCUT2D eigenvalue weighted by Gasteiger charge is -2.53. The summed E-state index contributed by atoms with van der Waals surface area (Å²) in [6, 6.07) is 0.405. The third kappa shape index (κ3) is 1.50. The molecule has 0 N–H and O–H groups in total. The van der Waals surface area contributed by atoms with Crippen LogP contribution in [0.2, 0.25) is 0 Å². The van der Waals surface area contributed by atoms with Crippen molar-refractivity contribution in [3.63, 3.8) is 0 Å². The molecule has 14 heavy (non-hydrogen) atoms. The van der Waals surface area contributed by atoms with Crippen LogP contribution in [0.4, 0.5) is 0 Å². The summed E-state index contributed by atoms with van der Waals surface area (Å²) in [6.45, 7) is 11.6. The quantitative estimate of drug-likeness (QED) is 0.592. The molecule has 0 aromatic carbocycles. The molecule has 1 heterocycles. The highest BCUT2D eigenvalue weighted by atomic mass is 16.2.